The first-order valence-corrected chi connectivity index (χ1v) is 8.42. The van der Waals surface area contributed by atoms with Crippen LogP contribution >= 0.6 is 11.6 Å². The van der Waals surface area contributed by atoms with Gasteiger partial charge in [0.05, 0.1) is 31.0 Å². The standard InChI is InChI=1S/C19H16ClN3O5/c1-26-15-6-4-11(7-14(15)20)22-18(24)19(25)23-12-3-5-13(16(8-12)27-2)17-9-21-10-28-17/h3-10H,1-2H3,(H,22,24)(H,23,25). The van der Waals surface area contributed by atoms with Crippen LogP contribution in [0.15, 0.2) is 53.4 Å². The van der Waals surface area contributed by atoms with E-state index in [0.29, 0.717) is 39.2 Å². The Kier molecular flexibility index (Phi) is 5.81. The van der Waals surface area contributed by atoms with Crippen molar-refractivity contribution >= 4 is 34.8 Å². The second-order valence-corrected chi connectivity index (χ2v) is 5.95. The van der Waals surface area contributed by atoms with Crippen LogP contribution in [0.5, 0.6) is 11.5 Å². The maximum atomic E-state index is 12.2. The van der Waals surface area contributed by atoms with Gasteiger partial charge >= 0.3 is 11.8 Å². The number of benzene rings is 2. The number of hydrogen-bond acceptors (Lipinski definition) is 6. The number of oxazole rings is 1. The molecule has 0 unspecified atom stereocenters. The van der Waals surface area contributed by atoms with Crippen LogP contribution in [-0.4, -0.2) is 31.0 Å². The van der Waals surface area contributed by atoms with Gasteiger partial charge in [-0.15, -0.1) is 0 Å². The molecule has 2 amide bonds. The Balaban J connectivity index is 1.70. The van der Waals surface area contributed by atoms with Crippen molar-refractivity contribution in [2.24, 2.45) is 0 Å². The molecule has 0 aliphatic rings. The van der Waals surface area contributed by atoms with E-state index >= 15 is 0 Å². The quantitative estimate of drug-likeness (QED) is 0.633. The highest BCUT2D eigenvalue weighted by Gasteiger charge is 2.17. The Labute approximate surface area is 165 Å². The van der Waals surface area contributed by atoms with E-state index < -0.39 is 11.8 Å². The smallest absolute Gasteiger partial charge is 0.314 e. The number of anilines is 2. The number of nitrogens with one attached hydrogen (secondary N) is 2. The predicted molar refractivity (Wildman–Crippen MR) is 104 cm³/mol. The summed E-state index contributed by atoms with van der Waals surface area (Å²) < 4.78 is 15.6. The van der Waals surface area contributed by atoms with E-state index in [4.69, 9.17) is 25.5 Å². The summed E-state index contributed by atoms with van der Waals surface area (Å²) in [5, 5.41) is 5.30. The van der Waals surface area contributed by atoms with Gasteiger partial charge in [0.15, 0.2) is 12.2 Å². The van der Waals surface area contributed by atoms with Crippen LogP contribution in [0.4, 0.5) is 11.4 Å². The average molecular weight is 402 g/mol. The molecular weight excluding hydrogens is 386 g/mol. The van der Waals surface area contributed by atoms with Crippen molar-refractivity contribution in [3.63, 3.8) is 0 Å². The first-order chi connectivity index (χ1) is 13.5. The van der Waals surface area contributed by atoms with Crippen molar-refractivity contribution < 1.29 is 23.5 Å². The fourth-order valence-electron chi connectivity index (χ4n) is 2.44. The summed E-state index contributed by atoms with van der Waals surface area (Å²) in [4.78, 5) is 28.2. The Morgan fingerprint density at radius 3 is 2.18 bits per heavy atom. The summed E-state index contributed by atoms with van der Waals surface area (Å²) in [6, 6.07) is 9.54. The van der Waals surface area contributed by atoms with Crippen LogP contribution in [0.2, 0.25) is 5.02 Å². The number of methoxy groups -OCH3 is 2. The van der Waals surface area contributed by atoms with Crippen LogP contribution in [0, 0.1) is 0 Å². The molecule has 144 valence electrons. The maximum absolute atomic E-state index is 12.2. The highest BCUT2D eigenvalue weighted by Crippen LogP contribution is 2.32. The van der Waals surface area contributed by atoms with Crippen molar-refractivity contribution in [1.29, 1.82) is 0 Å². The summed E-state index contributed by atoms with van der Waals surface area (Å²) in [5.74, 6) is -0.260. The van der Waals surface area contributed by atoms with Gasteiger partial charge in [0, 0.05) is 17.4 Å². The summed E-state index contributed by atoms with van der Waals surface area (Å²) in [6.45, 7) is 0. The van der Waals surface area contributed by atoms with Crippen LogP contribution in [0.25, 0.3) is 11.3 Å². The van der Waals surface area contributed by atoms with Crippen LogP contribution in [0.3, 0.4) is 0 Å². The lowest BCUT2D eigenvalue weighted by atomic mass is 10.1. The molecule has 8 nitrogen and oxygen atoms in total. The first-order valence-electron chi connectivity index (χ1n) is 8.04. The van der Waals surface area contributed by atoms with E-state index in [2.05, 4.69) is 15.6 Å². The van der Waals surface area contributed by atoms with E-state index in [1.165, 1.54) is 26.7 Å². The average Bonchev–Trinajstić information content (AvgIpc) is 3.22. The predicted octanol–water partition coefficient (Wildman–Crippen LogP) is 3.59. The molecule has 2 aromatic carbocycles. The van der Waals surface area contributed by atoms with Gasteiger partial charge in [-0.2, -0.15) is 0 Å². The lowest BCUT2D eigenvalue weighted by Crippen LogP contribution is -2.29. The number of carbonyl (C=O) groups is 2. The molecular formula is C19H16ClN3O5. The Morgan fingerprint density at radius 2 is 1.61 bits per heavy atom. The SMILES string of the molecule is COc1ccc(NC(=O)C(=O)Nc2ccc(-c3cnco3)c(OC)c2)cc1Cl. The molecule has 0 saturated heterocycles. The molecule has 0 fully saturated rings. The molecule has 3 aromatic rings. The number of aromatic nitrogens is 1. The molecule has 0 saturated carbocycles. The fraction of sp³-hybridized carbons (Fsp3) is 0.105. The van der Waals surface area contributed by atoms with Crippen LogP contribution in [0.1, 0.15) is 0 Å². The highest BCUT2D eigenvalue weighted by molar-refractivity contribution is 6.43. The number of halogens is 1. The normalized spacial score (nSPS) is 10.2. The van der Waals surface area contributed by atoms with Crippen molar-refractivity contribution in [3.8, 4) is 22.8 Å². The fourth-order valence-corrected chi connectivity index (χ4v) is 2.70. The molecule has 1 aromatic heterocycles. The van der Waals surface area contributed by atoms with Crippen molar-refractivity contribution in [3.05, 3.63) is 54.0 Å². The Bertz CT molecular complexity index is 1000. The molecule has 0 spiro atoms. The van der Waals surface area contributed by atoms with Crippen LogP contribution in [-0.2, 0) is 9.59 Å². The van der Waals surface area contributed by atoms with Gasteiger partial charge in [-0.3, -0.25) is 9.59 Å². The molecule has 28 heavy (non-hydrogen) atoms. The summed E-state index contributed by atoms with van der Waals surface area (Å²) in [6.07, 6.45) is 2.85. The third-order valence-corrected chi connectivity index (χ3v) is 4.07. The van der Waals surface area contributed by atoms with E-state index in [9.17, 15) is 9.59 Å². The third kappa shape index (κ3) is 4.24. The van der Waals surface area contributed by atoms with Gasteiger partial charge < -0.3 is 24.5 Å². The molecule has 0 radical (unpaired) electrons. The van der Waals surface area contributed by atoms with Gasteiger partial charge in [0.2, 0.25) is 0 Å². The minimum absolute atomic E-state index is 0.313. The second-order valence-electron chi connectivity index (χ2n) is 5.54. The van der Waals surface area contributed by atoms with Gasteiger partial charge in [-0.05, 0) is 30.3 Å². The Hall–Kier alpha value is -3.52. The van der Waals surface area contributed by atoms with E-state index in [1.807, 2.05) is 0 Å². The van der Waals surface area contributed by atoms with E-state index in [0.717, 1.165) is 0 Å². The topological polar surface area (TPSA) is 103 Å². The van der Waals surface area contributed by atoms with E-state index in [-0.39, 0.29) is 0 Å². The monoisotopic (exact) mass is 401 g/mol. The number of carbonyl (C=O) groups excluding carboxylic acids is 2. The van der Waals surface area contributed by atoms with Crippen LogP contribution < -0.4 is 20.1 Å². The van der Waals surface area contributed by atoms with Crippen molar-refractivity contribution in [1.82, 2.24) is 4.98 Å². The molecule has 0 atom stereocenters. The second kappa shape index (κ2) is 8.45. The van der Waals surface area contributed by atoms with E-state index in [1.54, 1.807) is 36.5 Å². The largest absolute Gasteiger partial charge is 0.496 e. The highest BCUT2D eigenvalue weighted by atomic mass is 35.5. The van der Waals surface area contributed by atoms with Gasteiger partial charge in [-0.1, -0.05) is 11.6 Å². The Morgan fingerprint density at radius 1 is 0.964 bits per heavy atom. The molecule has 0 bridgehead atoms. The minimum atomic E-state index is -0.848. The molecule has 0 aliphatic heterocycles. The maximum Gasteiger partial charge on any atom is 0.314 e. The third-order valence-electron chi connectivity index (χ3n) is 3.77. The summed E-state index contributed by atoms with van der Waals surface area (Å²) in [5.41, 5.74) is 1.41. The molecule has 1 heterocycles. The lowest BCUT2D eigenvalue weighted by molar-refractivity contribution is -0.132. The minimum Gasteiger partial charge on any atom is -0.496 e. The van der Waals surface area contributed by atoms with Crippen molar-refractivity contribution in [2.75, 3.05) is 24.9 Å². The molecule has 0 aliphatic carbocycles. The number of hydrogen-bond donors (Lipinski definition) is 2. The zero-order valence-electron chi connectivity index (χ0n) is 15.0. The lowest BCUT2D eigenvalue weighted by Gasteiger charge is -2.11. The molecule has 9 heteroatoms. The number of nitrogens with zero attached hydrogens (tertiary/aromatic N) is 1. The number of amides is 2. The van der Waals surface area contributed by atoms with Gasteiger partial charge in [-0.25, -0.2) is 4.98 Å². The number of rotatable bonds is 5. The summed E-state index contributed by atoms with van der Waals surface area (Å²) in [7, 11) is 2.97. The van der Waals surface area contributed by atoms with Gasteiger partial charge in [0.25, 0.3) is 0 Å². The zero-order valence-corrected chi connectivity index (χ0v) is 15.7. The molecule has 3 rings (SSSR count). The van der Waals surface area contributed by atoms with Crippen molar-refractivity contribution in [2.45, 2.75) is 0 Å². The molecule has 2 N–H and O–H groups in total. The summed E-state index contributed by atoms with van der Waals surface area (Å²) >= 11 is 6.01. The van der Waals surface area contributed by atoms with Gasteiger partial charge in [0.1, 0.15) is 11.5 Å². The zero-order chi connectivity index (χ0) is 20.1. The first kappa shape index (κ1) is 19.2. The number of ether oxygens (including phenoxy) is 2.